The van der Waals surface area contributed by atoms with Gasteiger partial charge < -0.3 is 15.4 Å². The smallest absolute Gasteiger partial charge is 0.341 e. The molecule has 1 atom stereocenters. The van der Waals surface area contributed by atoms with Gasteiger partial charge >= 0.3 is 5.97 Å². The van der Waals surface area contributed by atoms with E-state index in [-0.39, 0.29) is 10.7 Å². The Morgan fingerprint density at radius 1 is 1.19 bits per heavy atom. The number of ether oxygens (including phenoxy) is 1. The van der Waals surface area contributed by atoms with Crippen LogP contribution in [0.5, 0.6) is 0 Å². The first-order valence-corrected chi connectivity index (χ1v) is 9.10. The molecule has 144 valence electrons. The highest BCUT2D eigenvalue weighted by Gasteiger charge is 2.21. The number of amides is 1. The van der Waals surface area contributed by atoms with Crippen LogP contribution in [0.2, 0.25) is 5.02 Å². The lowest BCUT2D eigenvalue weighted by Gasteiger charge is -2.16. The molecule has 0 saturated heterocycles. The quantitative estimate of drug-likeness (QED) is 0.496. The van der Waals surface area contributed by atoms with Crippen molar-refractivity contribution in [1.82, 2.24) is 0 Å². The molecule has 5 nitrogen and oxygen atoms in total. The minimum absolute atomic E-state index is 0.0624. The monoisotopic (exact) mass is 392 g/mol. The third kappa shape index (κ3) is 5.96. The summed E-state index contributed by atoms with van der Waals surface area (Å²) in [4.78, 5) is 24.7. The van der Waals surface area contributed by atoms with Gasteiger partial charge in [0.15, 0.2) is 6.10 Å². The van der Waals surface area contributed by atoms with E-state index in [4.69, 9.17) is 16.3 Å². The number of rotatable bonds is 8. The van der Waals surface area contributed by atoms with Crippen LogP contribution in [0.25, 0.3) is 0 Å². The van der Waals surface area contributed by atoms with Gasteiger partial charge in [-0.1, -0.05) is 37.1 Å². The third-order valence-corrected chi connectivity index (χ3v) is 4.15. The van der Waals surface area contributed by atoms with Gasteiger partial charge in [0.05, 0.1) is 16.3 Å². The third-order valence-electron chi connectivity index (χ3n) is 3.83. The molecule has 27 heavy (non-hydrogen) atoms. The summed E-state index contributed by atoms with van der Waals surface area (Å²) in [6.07, 6.45) is 0.950. The van der Waals surface area contributed by atoms with E-state index < -0.39 is 23.8 Å². The fourth-order valence-electron chi connectivity index (χ4n) is 2.32. The molecule has 0 fully saturated rings. The molecule has 0 bridgehead atoms. The second-order valence-electron chi connectivity index (χ2n) is 5.99. The number of unbranched alkanes of at least 4 members (excludes halogenated alkanes) is 1. The number of nitrogens with one attached hydrogen (secondary N) is 2. The fraction of sp³-hybridized carbons (Fsp3) is 0.300. The Morgan fingerprint density at radius 3 is 2.63 bits per heavy atom. The van der Waals surface area contributed by atoms with Crippen molar-refractivity contribution >= 4 is 34.9 Å². The molecule has 0 aliphatic heterocycles. The van der Waals surface area contributed by atoms with Gasteiger partial charge in [0.2, 0.25) is 0 Å². The van der Waals surface area contributed by atoms with Gasteiger partial charge in [-0.05, 0) is 43.7 Å². The molecule has 0 spiro atoms. The lowest BCUT2D eigenvalue weighted by Crippen LogP contribution is -2.30. The van der Waals surface area contributed by atoms with E-state index in [0.717, 1.165) is 25.5 Å². The summed E-state index contributed by atoms with van der Waals surface area (Å²) >= 11 is 5.89. The molecular formula is C20H22ClFN2O3. The minimum atomic E-state index is -1.05. The van der Waals surface area contributed by atoms with Gasteiger partial charge in [0.25, 0.3) is 5.91 Å². The number of anilines is 2. The van der Waals surface area contributed by atoms with Gasteiger partial charge in [-0.15, -0.1) is 0 Å². The molecule has 2 aromatic carbocycles. The second kappa shape index (κ2) is 9.92. The average molecular weight is 393 g/mol. The summed E-state index contributed by atoms with van der Waals surface area (Å²) in [5, 5.41) is 5.78. The number of carbonyl (C=O) groups is 2. The van der Waals surface area contributed by atoms with Crippen molar-refractivity contribution in [2.75, 3.05) is 17.2 Å². The number of para-hydroxylation sites is 1. The molecule has 0 heterocycles. The topological polar surface area (TPSA) is 67.4 Å². The molecule has 2 aromatic rings. The van der Waals surface area contributed by atoms with E-state index in [1.54, 1.807) is 18.2 Å². The fourth-order valence-corrected chi connectivity index (χ4v) is 2.53. The lowest BCUT2D eigenvalue weighted by atomic mass is 10.1. The van der Waals surface area contributed by atoms with Crippen molar-refractivity contribution < 1.29 is 18.7 Å². The Morgan fingerprint density at radius 2 is 1.93 bits per heavy atom. The Labute approximate surface area is 162 Å². The van der Waals surface area contributed by atoms with E-state index in [0.29, 0.717) is 11.3 Å². The molecule has 0 aliphatic carbocycles. The molecule has 0 aliphatic rings. The maximum atomic E-state index is 13.1. The molecule has 0 saturated carbocycles. The molecule has 0 aromatic heterocycles. The standard InChI is InChI=1S/C20H22ClFN2O3/c1-3-4-11-23-17-8-6-5-7-15(17)20(26)27-13(2)19(25)24-18-10-9-14(22)12-16(18)21/h5-10,12-13,23H,3-4,11H2,1-2H3,(H,24,25)/t13-/m1/s1. The van der Waals surface area contributed by atoms with E-state index in [1.807, 2.05) is 6.07 Å². The zero-order chi connectivity index (χ0) is 19.8. The van der Waals surface area contributed by atoms with Crippen LogP contribution in [0.4, 0.5) is 15.8 Å². The zero-order valence-electron chi connectivity index (χ0n) is 15.2. The maximum Gasteiger partial charge on any atom is 0.341 e. The van der Waals surface area contributed by atoms with Crippen LogP contribution >= 0.6 is 11.6 Å². The highest BCUT2D eigenvalue weighted by atomic mass is 35.5. The van der Waals surface area contributed by atoms with E-state index in [2.05, 4.69) is 17.6 Å². The maximum absolute atomic E-state index is 13.1. The van der Waals surface area contributed by atoms with Crippen molar-refractivity contribution in [3.05, 3.63) is 58.9 Å². The van der Waals surface area contributed by atoms with Gasteiger partial charge in [0, 0.05) is 12.2 Å². The van der Waals surface area contributed by atoms with Crippen LogP contribution in [0.1, 0.15) is 37.0 Å². The second-order valence-corrected chi connectivity index (χ2v) is 6.39. The van der Waals surface area contributed by atoms with E-state index in [9.17, 15) is 14.0 Å². The highest BCUT2D eigenvalue weighted by molar-refractivity contribution is 6.33. The summed E-state index contributed by atoms with van der Waals surface area (Å²) in [7, 11) is 0. The predicted octanol–water partition coefficient (Wildman–Crippen LogP) is 4.88. The molecule has 7 heteroatoms. The highest BCUT2D eigenvalue weighted by Crippen LogP contribution is 2.23. The molecule has 0 unspecified atom stereocenters. The van der Waals surface area contributed by atoms with Crippen molar-refractivity contribution in [2.24, 2.45) is 0 Å². The first-order chi connectivity index (χ1) is 12.9. The zero-order valence-corrected chi connectivity index (χ0v) is 16.0. The predicted molar refractivity (Wildman–Crippen MR) is 105 cm³/mol. The first-order valence-electron chi connectivity index (χ1n) is 8.72. The van der Waals surface area contributed by atoms with Crippen molar-refractivity contribution in [3.63, 3.8) is 0 Å². The number of carbonyl (C=O) groups excluding carboxylic acids is 2. The summed E-state index contributed by atoms with van der Waals surface area (Å²) in [5.41, 5.74) is 1.26. The molecule has 2 rings (SSSR count). The van der Waals surface area contributed by atoms with Crippen molar-refractivity contribution in [1.29, 1.82) is 0 Å². The largest absolute Gasteiger partial charge is 0.449 e. The molecule has 2 N–H and O–H groups in total. The van der Waals surface area contributed by atoms with Gasteiger partial charge in [-0.25, -0.2) is 9.18 Å². The van der Waals surface area contributed by atoms with Crippen molar-refractivity contribution in [2.45, 2.75) is 32.8 Å². The van der Waals surface area contributed by atoms with Crippen molar-refractivity contribution in [3.8, 4) is 0 Å². The summed E-state index contributed by atoms with van der Waals surface area (Å²) in [5.74, 6) is -1.68. The van der Waals surface area contributed by atoms with Crippen LogP contribution in [0.3, 0.4) is 0 Å². The van der Waals surface area contributed by atoms with Gasteiger partial charge in [-0.3, -0.25) is 4.79 Å². The number of halogens is 2. The lowest BCUT2D eigenvalue weighted by molar-refractivity contribution is -0.123. The Kier molecular flexibility index (Phi) is 7.61. The van der Waals surface area contributed by atoms with Crippen LogP contribution in [0.15, 0.2) is 42.5 Å². The van der Waals surface area contributed by atoms with E-state index in [1.165, 1.54) is 19.1 Å². The molecule has 0 radical (unpaired) electrons. The Balaban J connectivity index is 2.01. The Hall–Kier alpha value is -2.60. The van der Waals surface area contributed by atoms with Crippen LogP contribution in [-0.2, 0) is 9.53 Å². The number of esters is 1. The van der Waals surface area contributed by atoms with Gasteiger partial charge in [0.1, 0.15) is 5.82 Å². The normalized spacial score (nSPS) is 11.6. The summed E-state index contributed by atoms with van der Waals surface area (Å²) < 4.78 is 18.4. The minimum Gasteiger partial charge on any atom is -0.449 e. The first kappa shape index (κ1) is 20.7. The van der Waals surface area contributed by atoms with Gasteiger partial charge in [-0.2, -0.15) is 0 Å². The SMILES string of the molecule is CCCCNc1ccccc1C(=O)O[C@H](C)C(=O)Nc1ccc(F)cc1Cl. The Bertz CT molecular complexity index is 814. The van der Waals surface area contributed by atoms with E-state index >= 15 is 0 Å². The number of hydrogen-bond donors (Lipinski definition) is 2. The average Bonchev–Trinajstić information content (AvgIpc) is 2.64. The van der Waals surface area contributed by atoms with Crippen LogP contribution < -0.4 is 10.6 Å². The summed E-state index contributed by atoms with van der Waals surface area (Å²) in [6.45, 7) is 4.27. The number of benzene rings is 2. The molecule has 1 amide bonds. The number of hydrogen-bond acceptors (Lipinski definition) is 4. The van der Waals surface area contributed by atoms with Crippen LogP contribution in [-0.4, -0.2) is 24.5 Å². The molecular weight excluding hydrogens is 371 g/mol. The van der Waals surface area contributed by atoms with Crippen LogP contribution in [0, 0.1) is 5.82 Å². The summed E-state index contributed by atoms with van der Waals surface area (Å²) in [6, 6.07) is 10.6.